The van der Waals surface area contributed by atoms with Crippen molar-refractivity contribution in [3.63, 3.8) is 0 Å². The lowest BCUT2D eigenvalue weighted by molar-refractivity contribution is 0.307. The Labute approximate surface area is 126 Å². The van der Waals surface area contributed by atoms with Crippen LogP contribution >= 0.6 is 15.9 Å². The Balaban J connectivity index is 1.85. The molecule has 1 aliphatic carbocycles. The van der Waals surface area contributed by atoms with Gasteiger partial charge in [-0.1, -0.05) is 35.2 Å². The van der Waals surface area contributed by atoms with Crippen molar-refractivity contribution in [1.82, 2.24) is 20.2 Å². The second kappa shape index (κ2) is 5.91. The quantitative estimate of drug-likeness (QED) is 0.874. The van der Waals surface area contributed by atoms with Crippen LogP contribution < -0.4 is 5.73 Å². The second-order valence-electron chi connectivity index (χ2n) is 5.46. The Kier molecular flexibility index (Phi) is 4.00. The number of nitrogens with two attached hydrogens (primary N) is 1. The third kappa shape index (κ3) is 3.00. The van der Waals surface area contributed by atoms with E-state index in [9.17, 15) is 0 Å². The van der Waals surface area contributed by atoms with E-state index in [2.05, 4.69) is 31.5 Å². The van der Waals surface area contributed by atoms with Gasteiger partial charge in [-0.05, 0) is 47.4 Å². The zero-order valence-corrected chi connectivity index (χ0v) is 12.9. The second-order valence-corrected chi connectivity index (χ2v) is 6.38. The summed E-state index contributed by atoms with van der Waals surface area (Å²) in [5.74, 6) is 1.49. The first kappa shape index (κ1) is 13.5. The Hall–Kier alpha value is -1.43. The molecule has 1 fully saturated rings. The summed E-state index contributed by atoms with van der Waals surface area (Å²) >= 11 is 3.46. The minimum absolute atomic E-state index is 0.690. The number of nitrogen functional groups attached to an aromatic ring is 1. The highest BCUT2D eigenvalue weighted by Crippen LogP contribution is 2.28. The van der Waals surface area contributed by atoms with Gasteiger partial charge >= 0.3 is 0 Å². The SMILES string of the molecule is Nc1cc(Br)cc(-c2nnnn2CC2CCCCC2)c1. The van der Waals surface area contributed by atoms with E-state index in [1.54, 1.807) is 0 Å². The van der Waals surface area contributed by atoms with Crippen molar-refractivity contribution in [2.24, 2.45) is 5.92 Å². The number of benzene rings is 1. The molecule has 0 spiro atoms. The van der Waals surface area contributed by atoms with Gasteiger partial charge in [0.15, 0.2) is 5.82 Å². The summed E-state index contributed by atoms with van der Waals surface area (Å²) in [7, 11) is 0. The van der Waals surface area contributed by atoms with E-state index in [0.717, 1.165) is 22.4 Å². The number of halogens is 1. The molecule has 1 aliphatic rings. The van der Waals surface area contributed by atoms with Gasteiger partial charge in [0.2, 0.25) is 0 Å². The van der Waals surface area contributed by atoms with E-state index >= 15 is 0 Å². The van der Waals surface area contributed by atoms with Crippen LogP contribution in [0.25, 0.3) is 11.4 Å². The first-order valence-corrected chi connectivity index (χ1v) is 7.84. The van der Waals surface area contributed by atoms with Crippen molar-refractivity contribution in [1.29, 1.82) is 0 Å². The summed E-state index contributed by atoms with van der Waals surface area (Å²) in [4.78, 5) is 0. The minimum atomic E-state index is 0.690. The van der Waals surface area contributed by atoms with Gasteiger partial charge in [0.05, 0.1) is 0 Å². The predicted molar refractivity (Wildman–Crippen MR) is 81.9 cm³/mol. The minimum Gasteiger partial charge on any atom is -0.399 e. The lowest BCUT2D eigenvalue weighted by Crippen LogP contribution is -2.16. The van der Waals surface area contributed by atoms with Crippen LogP contribution in [0.15, 0.2) is 22.7 Å². The Morgan fingerprint density at radius 3 is 2.75 bits per heavy atom. The number of anilines is 1. The number of aromatic nitrogens is 4. The summed E-state index contributed by atoms with van der Waals surface area (Å²) in [5.41, 5.74) is 7.56. The topological polar surface area (TPSA) is 69.6 Å². The van der Waals surface area contributed by atoms with Crippen molar-refractivity contribution in [3.05, 3.63) is 22.7 Å². The highest BCUT2D eigenvalue weighted by Gasteiger charge is 2.17. The fourth-order valence-electron chi connectivity index (χ4n) is 2.89. The summed E-state index contributed by atoms with van der Waals surface area (Å²) in [6.07, 6.45) is 6.57. The third-order valence-corrected chi connectivity index (χ3v) is 4.32. The molecule has 106 valence electrons. The van der Waals surface area contributed by atoms with Crippen LogP contribution in [0.5, 0.6) is 0 Å². The fourth-order valence-corrected chi connectivity index (χ4v) is 3.40. The van der Waals surface area contributed by atoms with Gasteiger partial charge in [-0.25, -0.2) is 4.68 Å². The Bertz CT molecular complexity index is 569. The summed E-state index contributed by atoms with van der Waals surface area (Å²) in [5, 5.41) is 12.1. The molecule has 0 unspecified atom stereocenters. The van der Waals surface area contributed by atoms with Crippen LogP contribution in [-0.2, 0) is 6.54 Å². The van der Waals surface area contributed by atoms with Gasteiger partial charge in [0.25, 0.3) is 0 Å². The molecule has 0 radical (unpaired) electrons. The van der Waals surface area contributed by atoms with Crippen molar-refractivity contribution >= 4 is 21.6 Å². The van der Waals surface area contributed by atoms with Crippen LogP contribution in [0, 0.1) is 5.92 Å². The van der Waals surface area contributed by atoms with Gasteiger partial charge in [0.1, 0.15) is 0 Å². The number of nitrogens with zero attached hydrogens (tertiary/aromatic N) is 4. The molecule has 2 aromatic rings. The molecule has 0 amide bonds. The van der Waals surface area contributed by atoms with E-state index in [1.807, 2.05) is 22.9 Å². The van der Waals surface area contributed by atoms with Crippen molar-refractivity contribution in [2.75, 3.05) is 5.73 Å². The molecule has 1 aromatic carbocycles. The number of tetrazole rings is 1. The number of rotatable bonds is 3. The van der Waals surface area contributed by atoms with E-state index in [1.165, 1.54) is 32.1 Å². The number of hydrogen-bond acceptors (Lipinski definition) is 4. The van der Waals surface area contributed by atoms with E-state index in [0.29, 0.717) is 11.6 Å². The third-order valence-electron chi connectivity index (χ3n) is 3.87. The molecule has 6 heteroatoms. The van der Waals surface area contributed by atoms with Crippen molar-refractivity contribution in [3.8, 4) is 11.4 Å². The van der Waals surface area contributed by atoms with Gasteiger partial charge < -0.3 is 5.73 Å². The predicted octanol–water partition coefficient (Wildman–Crippen LogP) is 3.27. The molecule has 20 heavy (non-hydrogen) atoms. The first-order chi connectivity index (χ1) is 9.72. The Morgan fingerprint density at radius 2 is 2.00 bits per heavy atom. The van der Waals surface area contributed by atoms with Crippen LogP contribution in [-0.4, -0.2) is 20.2 Å². The monoisotopic (exact) mass is 335 g/mol. The molecule has 1 aromatic heterocycles. The lowest BCUT2D eigenvalue weighted by Gasteiger charge is -2.21. The number of hydrogen-bond donors (Lipinski definition) is 1. The summed E-state index contributed by atoms with van der Waals surface area (Å²) in [6, 6.07) is 5.78. The lowest BCUT2D eigenvalue weighted by atomic mass is 9.89. The smallest absolute Gasteiger partial charge is 0.182 e. The molecule has 3 rings (SSSR count). The van der Waals surface area contributed by atoms with E-state index < -0.39 is 0 Å². The fraction of sp³-hybridized carbons (Fsp3) is 0.500. The molecule has 0 aliphatic heterocycles. The van der Waals surface area contributed by atoms with Crippen LogP contribution in [0.3, 0.4) is 0 Å². The normalized spacial score (nSPS) is 16.4. The highest BCUT2D eigenvalue weighted by atomic mass is 79.9. The average Bonchev–Trinajstić information content (AvgIpc) is 2.87. The maximum Gasteiger partial charge on any atom is 0.182 e. The van der Waals surface area contributed by atoms with Crippen LogP contribution in [0.2, 0.25) is 0 Å². The standard InChI is InChI=1S/C14H18BrN5/c15-12-6-11(7-13(16)8-12)14-17-18-19-20(14)9-10-4-2-1-3-5-10/h6-8,10H,1-5,9,16H2. The molecule has 1 heterocycles. The van der Waals surface area contributed by atoms with Gasteiger partial charge in [-0.2, -0.15) is 0 Å². The molecule has 0 saturated heterocycles. The Morgan fingerprint density at radius 1 is 1.20 bits per heavy atom. The largest absolute Gasteiger partial charge is 0.399 e. The van der Waals surface area contributed by atoms with Crippen molar-refractivity contribution < 1.29 is 0 Å². The zero-order chi connectivity index (χ0) is 13.9. The van der Waals surface area contributed by atoms with E-state index in [-0.39, 0.29) is 0 Å². The molecule has 1 saturated carbocycles. The van der Waals surface area contributed by atoms with Crippen LogP contribution in [0.1, 0.15) is 32.1 Å². The molecule has 2 N–H and O–H groups in total. The molecule has 0 atom stereocenters. The van der Waals surface area contributed by atoms with Gasteiger partial charge in [-0.3, -0.25) is 0 Å². The molecular formula is C14H18BrN5. The molecular weight excluding hydrogens is 318 g/mol. The van der Waals surface area contributed by atoms with E-state index in [4.69, 9.17) is 5.73 Å². The maximum absolute atomic E-state index is 5.89. The first-order valence-electron chi connectivity index (χ1n) is 7.05. The van der Waals surface area contributed by atoms with Crippen LogP contribution in [0.4, 0.5) is 5.69 Å². The molecule has 5 nitrogen and oxygen atoms in total. The summed E-state index contributed by atoms with van der Waals surface area (Å²) < 4.78 is 2.86. The van der Waals surface area contributed by atoms with Crippen molar-refractivity contribution in [2.45, 2.75) is 38.6 Å². The summed E-state index contributed by atoms with van der Waals surface area (Å²) in [6.45, 7) is 0.898. The highest BCUT2D eigenvalue weighted by molar-refractivity contribution is 9.10. The maximum atomic E-state index is 5.89. The van der Waals surface area contributed by atoms with Gasteiger partial charge in [-0.15, -0.1) is 5.10 Å². The molecule has 0 bridgehead atoms. The average molecular weight is 336 g/mol. The zero-order valence-electron chi connectivity index (χ0n) is 11.3. The van der Waals surface area contributed by atoms with Gasteiger partial charge in [0, 0.05) is 22.3 Å².